The minimum absolute atomic E-state index is 0.586. The van der Waals surface area contributed by atoms with Crippen LogP contribution in [0.2, 0.25) is 0 Å². The maximum atomic E-state index is 12.7. The van der Waals surface area contributed by atoms with Crippen molar-refractivity contribution >= 4 is 6.09 Å². The van der Waals surface area contributed by atoms with E-state index in [2.05, 4.69) is 5.32 Å². The first-order valence-corrected chi connectivity index (χ1v) is 9.68. The molecule has 0 saturated carbocycles. The van der Waals surface area contributed by atoms with E-state index in [1.54, 1.807) is 0 Å². The van der Waals surface area contributed by atoms with E-state index in [9.17, 15) is 9.90 Å². The molecule has 0 aliphatic rings. The van der Waals surface area contributed by atoms with E-state index in [4.69, 9.17) is 4.74 Å². The van der Waals surface area contributed by atoms with Crippen LogP contribution < -0.4 is 5.32 Å². The Morgan fingerprint density at radius 3 is 1.62 bits per heavy atom. The standard InChI is InChI=1S/C25H27NO3/c1-24(2,3)29-23(27)26-22(19-13-7-4-8-14-19)25(28,20-15-9-5-10-16-20)21-17-11-6-12-18-21/h4-18,22,28H,1-3H3,(H,26,27). The van der Waals surface area contributed by atoms with Crippen molar-refractivity contribution in [2.24, 2.45) is 0 Å². The minimum atomic E-state index is -1.50. The Kier molecular flexibility index (Phi) is 6.04. The predicted molar refractivity (Wildman–Crippen MR) is 114 cm³/mol. The van der Waals surface area contributed by atoms with E-state index in [-0.39, 0.29) is 0 Å². The van der Waals surface area contributed by atoms with Crippen molar-refractivity contribution in [3.63, 3.8) is 0 Å². The van der Waals surface area contributed by atoms with Crippen molar-refractivity contribution in [2.75, 3.05) is 0 Å². The molecule has 0 spiro atoms. The molecule has 150 valence electrons. The average Bonchev–Trinajstić information content (AvgIpc) is 2.72. The topological polar surface area (TPSA) is 58.6 Å². The predicted octanol–water partition coefficient (Wildman–Crippen LogP) is 5.19. The highest BCUT2D eigenvalue weighted by atomic mass is 16.6. The normalized spacial score (nSPS) is 12.8. The van der Waals surface area contributed by atoms with Crippen LogP contribution in [0.3, 0.4) is 0 Å². The van der Waals surface area contributed by atoms with Gasteiger partial charge in [-0.3, -0.25) is 0 Å². The monoisotopic (exact) mass is 389 g/mol. The number of amides is 1. The Balaban J connectivity index is 2.14. The molecule has 0 aromatic heterocycles. The fourth-order valence-corrected chi connectivity index (χ4v) is 3.38. The van der Waals surface area contributed by atoms with Crippen molar-refractivity contribution in [2.45, 2.75) is 38.0 Å². The lowest BCUT2D eigenvalue weighted by atomic mass is 9.77. The number of ether oxygens (including phenoxy) is 1. The van der Waals surface area contributed by atoms with E-state index in [0.717, 1.165) is 5.56 Å². The second kappa shape index (κ2) is 8.50. The van der Waals surface area contributed by atoms with Crippen LogP contribution >= 0.6 is 0 Å². The van der Waals surface area contributed by atoms with Gasteiger partial charge in [-0.1, -0.05) is 91.0 Å². The molecule has 29 heavy (non-hydrogen) atoms. The van der Waals surface area contributed by atoms with Crippen molar-refractivity contribution < 1.29 is 14.6 Å². The zero-order valence-corrected chi connectivity index (χ0v) is 17.0. The summed E-state index contributed by atoms with van der Waals surface area (Å²) in [5, 5.41) is 15.1. The van der Waals surface area contributed by atoms with Gasteiger partial charge < -0.3 is 15.2 Å². The van der Waals surface area contributed by atoms with Gasteiger partial charge in [0.25, 0.3) is 0 Å². The summed E-state index contributed by atoms with van der Waals surface area (Å²) in [6, 6.07) is 27.4. The Hall–Kier alpha value is -3.11. The lowest BCUT2D eigenvalue weighted by Crippen LogP contribution is -2.46. The van der Waals surface area contributed by atoms with E-state index >= 15 is 0 Å². The van der Waals surface area contributed by atoms with Crippen LogP contribution in [0.5, 0.6) is 0 Å². The number of hydrogen-bond acceptors (Lipinski definition) is 3. The largest absolute Gasteiger partial charge is 0.444 e. The molecule has 3 aromatic rings. The first kappa shape index (κ1) is 20.6. The maximum Gasteiger partial charge on any atom is 0.408 e. The molecule has 1 unspecified atom stereocenters. The lowest BCUT2D eigenvalue weighted by molar-refractivity contribution is 0.0158. The van der Waals surface area contributed by atoms with Gasteiger partial charge in [-0.2, -0.15) is 0 Å². The fraction of sp³-hybridized carbons (Fsp3) is 0.240. The lowest BCUT2D eigenvalue weighted by Gasteiger charge is -2.38. The highest BCUT2D eigenvalue weighted by Gasteiger charge is 2.42. The quantitative estimate of drug-likeness (QED) is 0.631. The summed E-state index contributed by atoms with van der Waals surface area (Å²) in [7, 11) is 0. The molecule has 0 fully saturated rings. The third-order valence-corrected chi connectivity index (χ3v) is 4.64. The molecule has 3 rings (SSSR count). The highest BCUT2D eigenvalue weighted by molar-refractivity contribution is 5.69. The number of benzene rings is 3. The minimum Gasteiger partial charge on any atom is -0.444 e. The van der Waals surface area contributed by atoms with E-state index in [0.29, 0.717) is 11.1 Å². The van der Waals surface area contributed by atoms with Crippen LogP contribution in [-0.2, 0) is 10.3 Å². The number of aliphatic hydroxyl groups is 1. The summed E-state index contributed by atoms with van der Waals surface area (Å²) >= 11 is 0. The Labute approximate surface area is 172 Å². The second-order valence-corrected chi connectivity index (χ2v) is 7.99. The Morgan fingerprint density at radius 1 is 0.793 bits per heavy atom. The van der Waals surface area contributed by atoms with Crippen molar-refractivity contribution in [3.8, 4) is 0 Å². The van der Waals surface area contributed by atoms with Crippen LogP contribution in [0.15, 0.2) is 91.0 Å². The van der Waals surface area contributed by atoms with Crippen LogP contribution in [0, 0.1) is 0 Å². The number of carbonyl (C=O) groups excluding carboxylic acids is 1. The first-order chi connectivity index (χ1) is 13.8. The molecule has 0 saturated heterocycles. The highest BCUT2D eigenvalue weighted by Crippen LogP contribution is 2.41. The number of hydrogen-bond donors (Lipinski definition) is 2. The van der Waals surface area contributed by atoms with Crippen LogP contribution in [0.25, 0.3) is 0 Å². The molecule has 0 aliphatic heterocycles. The van der Waals surface area contributed by atoms with E-state index < -0.39 is 23.3 Å². The summed E-state index contributed by atoms with van der Waals surface area (Å²) in [6.07, 6.45) is -0.586. The smallest absolute Gasteiger partial charge is 0.408 e. The molecule has 0 aliphatic carbocycles. The van der Waals surface area contributed by atoms with Gasteiger partial charge >= 0.3 is 6.09 Å². The summed E-state index contributed by atoms with van der Waals surface area (Å²) < 4.78 is 5.50. The van der Waals surface area contributed by atoms with Crippen LogP contribution in [0.4, 0.5) is 4.79 Å². The fourth-order valence-electron chi connectivity index (χ4n) is 3.38. The second-order valence-electron chi connectivity index (χ2n) is 7.99. The van der Waals surface area contributed by atoms with Crippen molar-refractivity contribution in [3.05, 3.63) is 108 Å². The molecule has 2 N–H and O–H groups in total. The van der Waals surface area contributed by atoms with Gasteiger partial charge in [-0.15, -0.1) is 0 Å². The molecule has 4 nitrogen and oxygen atoms in total. The van der Waals surface area contributed by atoms with E-state index in [1.807, 2.05) is 112 Å². The number of rotatable bonds is 5. The third kappa shape index (κ3) is 4.84. The average molecular weight is 389 g/mol. The number of alkyl carbamates (subject to hydrolysis) is 1. The summed E-state index contributed by atoms with van der Waals surface area (Å²) in [5.41, 5.74) is -0.0234. The molecule has 0 radical (unpaired) electrons. The molecule has 4 heteroatoms. The molecule has 0 bridgehead atoms. The van der Waals surface area contributed by atoms with Gasteiger partial charge in [0.1, 0.15) is 11.2 Å². The van der Waals surface area contributed by atoms with Crippen LogP contribution in [0.1, 0.15) is 43.5 Å². The summed E-state index contributed by atoms with van der Waals surface area (Å²) in [4.78, 5) is 12.7. The Bertz CT molecular complexity index is 879. The van der Waals surface area contributed by atoms with Crippen molar-refractivity contribution in [1.82, 2.24) is 5.32 Å². The van der Waals surface area contributed by atoms with E-state index in [1.165, 1.54) is 0 Å². The molecule has 1 atom stereocenters. The summed E-state index contributed by atoms with van der Waals surface area (Å²) in [5.74, 6) is 0. The molecule has 3 aromatic carbocycles. The van der Waals surface area contributed by atoms with Crippen molar-refractivity contribution in [1.29, 1.82) is 0 Å². The number of carbonyl (C=O) groups is 1. The van der Waals surface area contributed by atoms with Crippen LogP contribution in [-0.4, -0.2) is 16.8 Å². The van der Waals surface area contributed by atoms with Gasteiger partial charge in [0.05, 0.1) is 6.04 Å². The maximum absolute atomic E-state index is 12.7. The molecular formula is C25H27NO3. The molecule has 0 heterocycles. The zero-order chi connectivity index (χ0) is 20.9. The van der Waals surface area contributed by atoms with Gasteiger partial charge in [-0.05, 0) is 37.5 Å². The summed E-state index contributed by atoms with van der Waals surface area (Å²) in [6.45, 7) is 5.43. The molecular weight excluding hydrogens is 362 g/mol. The number of nitrogens with one attached hydrogen (secondary N) is 1. The van der Waals surface area contributed by atoms with Gasteiger partial charge in [0.2, 0.25) is 0 Å². The first-order valence-electron chi connectivity index (χ1n) is 9.68. The SMILES string of the molecule is CC(C)(C)OC(=O)NC(c1ccccc1)C(O)(c1ccccc1)c1ccccc1. The van der Waals surface area contributed by atoms with Gasteiger partial charge in [0.15, 0.2) is 0 Å². The molecule has 1 amide bonds. The Morgan fingerprint density at radius 2 is 1.21 bits per heavy atom. The zero-order valence-electron chi connectivity index (χ0n) is 17.0. The van der Waals surface area contributed by atoms with Gasteiger partial charge in [-0.25, -0.2) is 4.79 Å². The third-order valence-electron chi connectivity index (χ3n) is 4.64. The van der Waals surface area contributed by atoms with Gasteiger partial charge in [0, 0.05) is 0 Å².